The molecule has 0 aliphatic heterocycles. The Bertz CT molecular complexity index is 201. The summed E-state index contributed by atoms with van der Waals surface area (Å²) in [5, 5.41) is 2.65. The molecule has 0 saturated carbocycles. The van der Waals surface area contributed by atoms with E-state index >= 15 is 0 Å². The van der Waals surface area contributed by atoms with E-state index in [0.717, 1.165) is 12.8 Å². The topological polar surface area (TPSA) is 38.3 Å². The van der Waals surface area contributed by atoms with Crippen LogP contribution in [0.25, 0.3) is 0 Å². The van der Waals surface area contributed by atoms with Crippen LogP contribution in [-0.2, 0) is 4.74 Å². The highest BCUT2D eigenvalue weighted by molar-refractivity contribution is 14.3. The quantitative estimate of drug-likeness (QED) is 0.251. The fourth-order valence-electron chi connectivity index (χ4n) is 0.582. The van der Waals surface area contributed by atoms with Crippen LogP contribution in [0.5, 0.6) is 0 Å². The van der Waals surface area contributed by atoms with Crippen molar-refractivity contribution in [2.24, 2.45) is 0 Å². The molecule has 0 saturated heterocycles. The smallest absolute Gasteiger partial charge is 0.411 e. The Kier molecular flexibility index (Phi) is 9.08. The number of ether oxygens (including phenoxy) is 1. The Labute approximate surface area is 125 Å². The molecule has 0 aromatic rings. The molecule has 1 N–H and O–H groups in total. The van der Waals surface area contributed by atoms with Crippen molar-refractivity contribution in [3.63, 3.8) is 0 Å². The molecule has 0 spiro atoms. The van der Waals surface area contributed by atoms with Crippen molar-refractivity contribution in [1.29, 1.82) is 0 Å². The van der Waals surface area contributed by atoms with Gasteiger partial charge < -0.3 is 10.1 Å². The Morgan fingerprint density at radius 1 is 1.50 bits per heavy atom. The minimum absolute atomic E-state index is 0.0447. The monoisotopic (exact) mass is 535 g/mol. The molecular weight excluding hydrogens is 523 g/mol. The summed E-state index contributed by atoms with van der Waals surface area (Å²) in [6.45, 7) is 2.75. The van der Waals surface area contributed by atoms with Crippen molar-refractivity contribution in [2.45, 2.75) is 19.2 Å². The average Bonchev–Trinajstić information content (AvgIpc) is 2.02. The molecule has 0 unspecified atom stereocenters. The maximum absolute atomic E-state index is 11.0. The number of carbonyl (C=O) groups excluding carboxylic acids is 1. The fourth-order valence-corrected chi connectivity index (χ4v) is 1.02. The molecule has 0 rings (SSSR count). The SMILES string of the molecule is CCCCNC(=O)OC=CC(I)(I)I. The van der Waals surface area contributed by atoms with Gasteiger partial charge in [0.05, 0.1) is 6.26 Å². The van der Waals surface area contributed by atoms with Crippen molar-refractivity contribution >= 4 is 73.9 Å². The molecule has 0 radical (unpaired) electrons. The number of unbranched alkanes of at least 4 members (excludes halogenated alkanes) is 1. The number of amides is 1. The summed E-state index contributed by atoms with van der Waals surface area (Å²) in [6, 6.07) is 0. The Hall–Kier alpha value is 1.20. The summed E-state index contributed by atoms with van der Waals surface area (Å²) >= 11 is 6.70. The van der Waals surface area contributed by atoms with E-state index in [1.54, 1.807) is 0 Å². The molecule has 3 nitrogen and oxygen atoms in total. The van der Waals surface area contributed by atoms with Gasteiger partial charge in [-0.25, -0.2) is 4.79 Å². The second-order valence-corrected chi connectivity index (χ2v) is 13.8. The number of allylic oxidation sites excluding steroid dienone is 1. The van der Waals surface area contributed by atoms with Crippen LogP contribution in [0.4, 0.5) is 4.79 Å². The molecule has 0 bridgehead atoms. The molecule has 0 aromatic heterocycles. The predicted molar refractivity (Wildman–Crippen MR) is 83.3 cm³/mol. The number of halogens is 3. The molecule has 0 aromatic carbocycles. The Morgan fingerprint density at radius 3 is 2.64 bits per heavy atom. The largest absolute Gasteiger partial charge is 0.419 e. The second-order valence-electron chi connectivity index (χ2n) is 2.53. The minimum Gasteiger partial charge on any atom is -0.419 e. The predicted octanol–water partition coefficient (Wildman–Crippen LogP) is 3.99. The van der Waals surface area contributed by atoms with Gasteiger partial charge in [0.1, 0.15) is -0.565 Å². The number of alkyl carbamates (subject to hydrolysis) is 1. The van der Waals surface area contributed by atoms with Crippen molar-refractivity contribution < 1.29 is 9.53 Å². The number of alkyl halides is 3. The molecule has 0 aliphatic rings. The van der Waals surface area contributed by atoms with E-state index in [4.69, 9.17) is 4.74 Å². The number of nitrogens with one attached hydrogen (secondary N) is 1. The molecule has 0 heterocycles. The zero-order chi connectivity index (χ0) is 11.0. The zero-order valence-electron chi connectivity index (χ0n) is 7.73. The Balaban J connectivity index is 3.59. The van der Waals surface area contributed by atoms with Gasteiger partial charge in [0.15, 0.2) is 0 Å². The molecule has 0 atom stereocenters. The number of hydrogen-bond donors (Lipinski definition) is 1. The van der Waals surface area contributed by atoms with Crippen LogP contribution in [0, 0.1) is 0 Å². The number of hydrogen-bond acceptors (Lipinski definition) is 2. The molecule has 0 fully saturated rings. The molecule has 82 valence electrons. The maximum Gasteiger partial charge on any atom is 0.411 e. The number of rotatable bonds is 5. The van der Waals surface area contributed by atoms with Crippen LogP contribution in [0.3, 0.4) is 0 Å². The highest BCUT2D eigenvalue weighted by Crippen LogP contribution is 2.36. The molecular formula is C8H12I3NO2. The maximum atomic E-state index is 11.0. The Morgan fingerprint density at radius 2 is 2.14 bits per heavy atom. The van der Waals surface area contributed by atoms with Gasteiger partial charge in [0.2, 0.25) is 0 Å². The van der Waals surface area contributed by atoms with Crippen LogP contribution < -0.4 is 5.32 Å². The van der Waals surface area contributed by atoms with E-state index in [1.165, 1.54) is 6.26 Å². The van der Waals surface area contributed by atoms with E-state index in [9.17, 15) is 4.79 Å². The summed E-state index contributed by atoms with van der Waals surface area (Å²) in [5.74, 6) is 0. The van der Waals surface area contributed by atoms with E-state index in [1.807, 2.05) is 6.08 Å². The van der Waals surface area contributed by atoms with Crippen LogP contribution in [0.1, 0.15) is 19.8 Å². The minimum atomic E-state index is -0.386. The first kappa shape index (κ1) is 15.2. The van der Waals surface area contributed by atoms with E-state index < -0.39 is 0 Å². The van der Waals surface area contributed by atoms with Gasteiger partial charge in [0.25, 0.3) is 0 Å². The summed E-state index contributed by atoms with van der Waals surface area (Å²) in [4.78, 5) is 11.0. The van der Waals surface area contributed by atoms with Gasteiger partial charge in [-0.2, -0.15) is 0 Å². The van der Waals surface area contributed by atoms with Crippen LogP contribution in [-0.4, -0.2) is 12.1 Å². The summed E-state index contributed by atoms with van der Waals surface area (Å²) in [5.41, 5.74) is 0. The fraction of sp³-hybridized carbons (Fsp3) is 0.625. The molecule has 6 heteroatoms. The van der Waals surface area contributed by atoms with Crippen molar-refractivity contribution in [2.75, 3.05) is 6.54 Å². The van der Waals surface area contributed by atoms with E-state index in [-0.39, 0.29) is 5.53 Å². The lowest BCUT2D eigenvalue weighted by Gasteiger charge is -2.05. The second kappa shape index (κ2) is 8.36. The lowest BCUT2D eigenvalue weighted by Crippen LogP contribution is -2.23. The highest BCUT2D eigenvalue weighted by atomic mass is 127. The summed E-state index contributed by atoms with van der Waals surface area (Å²) in [6.07, 6.45) is 4.89. The van der Waals surface area contributed by atoms with Gasteiger partial charge in [-0.05, 0) is 12.5 Å². The van der Waals surface area contributed by atoms with Crippen LogP contribution >= 0.6 is 67.8 Å². The van der Waals surface area contributed by atoms with Gasteiger partial charge in [-0.1, -0.05) is 81.1 Å². The van der Waals surface area contributed by atoms with Crippen LogP contribution in [0.15, 0.2) is 12.3 Å². The molecule has 0 aliphatic carbocycles. The lowest BCUT2D eigenvalue weighted by atomic mass is 10.3. The van der Waals surface area contributed by atoms with Gasteiger partial charge in [-0.15, -0.1) is 0 Å². The standard InChI is InChI=1S/C8H12I3NO2/c1-2-3-5-12-7(13)14-6-4-8(9,10)11/h4,6H,2-3,5H2,1H3,(H,12,13). The van der Waals surface area contributed by atoms with Crippen molar-refractivity contribution in [3.05, 3.63) is 12.3 Å². The normalized spacial score (nSPS) is 11.7. The number of carbonyl (C=O) groups is 1. The summed E-state index contributed by atoms with van der Waals surface area (Å²) < 4.78 is 4.77. The van der Waals surface area contributed by atoms with Crippen molar-refractivity contribution in [1.82, 2.24) is 5.32 Å². The van der Waals surface area contributed by atoms with Crippen molar-refractivity contribution in [3.8, 4) is 0 Å². The van der Waals surface area contributed by atoms with Crippen LogP contribution in [0.2, 0.25) is 0 Å². The molecule has 1 amide bonds. The third-order valence-corrected chi connectivity index (χ3v) is 2.31. The van der Waals surface area contributed by atoms with Gasteiger partial charge >= 0.3 is 6.09 Å². The summed E-state index contributed by atoms with van der Waals surface area (Å²) in [7, 11) is 0. The zero-order valence-corrected chi connectivity index (χ0v) is 14.2. The first-order valence-electron chi connectivity index (χ1n) is 4.14. The lowest BCUT2D eigenvalue weighted by molar-refractivity contribution is 0.185. The average molecular weight is 535 g/mol. The third kappa shape index (κ3) is 11.3. The van der Waals surface area contributed by atoms with E-state index in [0.29, 0.717) is 6.54 Å². The first-order chi connectivity index (χ1) is 6.45. The highest BCUT2D eigenvalue weighted by Gasteiger charge is 2.11. The molecule has 14 heavy (non-hydrogen) atoms. The third-order valence-electron chi connectivity index (χ3n) is 1.23. The van der Waals surface area contributed by atoms with Gasteiger partial charge in [-0.3, -0.25) is 0 Å². The van der Waals surface area contributed by atoms with Gasteiger partial charge in [0, 0.05) is 6.54 Å². The first-order valence-corrected chi connectivity index (χ1v) is 7.38. The van der Waals surface area contributed by atoms with E-state index in [2.05, 4.69) is 80.0 Å².